The molecule has 0 bridgehead atoms. The van der Waals surface area contributed by atoms with Crippen molar-refractivity contribution in [1.82, 2.24) is 4.90 Å². The third-order valence-electron chi connectivity index (χ3n) is 3.31. The topological polar surface area (TPSA) is 81.1 Å². The van der Waals surface area contributed by atoms with E-state index in [2.05, 4.69) is 0 Å². The first kappa shape index (κ1) is 14.3. The normalized spacial score (nSPS) is 21.9. The summed E-state index contributed by atoms with van der Waals surface area (Å²) in [6.07, 6.45) is -0.902. The number of hydrogen-bond donors (Lipinski definition) is 2. The van der Waals surface area contributed by atoms with Crippen LogP contribution < -0.4 is 4.90 Å². The summed E-state index contributed by atoms with van der Waals surface area (Å²) in [6, 6.07) is 3.97. The molecule has 6 nitrogen and oxygen atoms in total. The molecule has 0 saturated carbocycles. The van der Waals surface area contributed by atoms with Gasteiger partial charge in [0.25, 0.3) is 0 Å². The minimum absolute atomic E-state index is 0.0216. The van der Waals surface area contributed by atoms with Gasteiger partial charge in [-0.25, -0.2) is 14.0 Å². The Morgan fingerprint density at radius 3 is 2.65 bits per heavy atom. The van der Waals surface area contributed by atoms with Crippen LogP contribution in [0.25, 0.3) is 0 Å². The van der Waals surface area contributed by atoms with Gasteiger partial charge in [-0.1, -0.05) is 12.1 Å². The molecule has 1 aliphatic rings. The van der Waals surface area contributed by atoms with Crippen LogP contribution in [-0.4, -0.2) is 52.9 Å². The van der Waals surface area contributed by atoms with Crippen LogP contribution in [0.3, 0.4) is 0 Å². The Kier molecular flexibility index (Phi) is 3.89. The zero-order chi connectivity index (χ0) is 14.9. The van der Waals surface area contributed by atoms with Crippen LogP contribution in [0, 0.1) is 5.82 Å². The van der Waals surface area contributed by atoms with Gasteiger partial charge >= 0.3 is 12.0 Å². The molecule has 1 fully saturated rings. The van der Waals surface area contributed by atoms with Gasteiger partial charge in [-0.3, -0.25) is 4.90 Å². The third-order valence-corrected chi connectivity index (χ3v) is 3.31. The van der Waals surface area contributed by atoms with E-state index in [1.165, 1.54) is 25.2 Å². The number of aliphatic hydroxyl groups excluding tert-OH is 1. The highest BCUT2D eigenvalue weighted by molar-refractivity contribution is 5.94. The van der Waals surface area contributed by atoms with Gasteiger partial charge in [0, 0.05) is 20.0 Å². The van der Waals surface area contributed by atoms with Crippen LogP contribution >= 0.6 is 0 Å². The molecule has 0 radical (unpaired) electrons. The lowest BCUT2D eigenvalue weighted by Crippen LogP contribution is -2.47. The van der Waals surface area contributed by atoms with Crippen LogP contribution in [0.4, 0.5) is 14.9 Å². The number of anilines is 1. The van der Waals surface area contributed by atoms with E-state index in [-0.39, 0.29) is 18.7 Å². The minimum atomic E-state index is -1.18. The van der Waals surface area contributed by atoms with Crippen molar-refractivity contribution < 1.29 is 24.2 Å². The Balaban J connectivity index is 2.22. The predicted molar refractivity (Wildman–Crippen MR) is 69.0 cm³/mol. The van der Waals surface area contributed by atoms with Crippen molar-refractivity contribution in [2.45, 2.75) is 18.6 Å². The van der Waals surface area contributed by atoms with Crippen molar-refractivity contribution in [3.8, 4) is 0 Å². The molecule has 0 unspecified atom stereocenters. The summed E-state index contributed by atoms with van der Waals surface area (Å²) in [5.74, 6) is -1.76. The number of amides is 2. The van der Waals surface area contributed by atoms with E-state index in [9.17, 15) is 19.1 Å². The number of aliphatic hydroxyl groups is 1. The van der Waals surface area contributed by atoms with E-state index in [1.54, 1.807) is 6.07 Å². The van der Waals surface area contributed by atoms with E-state index in [0.717, 1.165) is 9.80 Å². The van der Waals surface area contributed by atoms with Gasteiger partial charge in [0.1, 0.15) is 11.9 Å². The number of hydrogen-bond acceptors (Lipinski definition) is 3. The predicted octanol–water partition coefficient (Wildman–Crippen LogP) is 0.902. The third kappa shape index (κ3) is 2.57. The zero-order valence-corrected chi connectivity index (χ0v) is 10.9. The van der Waals surface area contributed by atoms with Crippen molar-refractivity contribution in [3.63, 3.8) is 0 Å². The van der Waals surface area contributed by atoms with E-state index < -0.39 is 30.0 Å². The second-order valence-corrected chi connectivity index (χ2v) is 4.69. The highest BCUT2D eigenvalue weighted by Gasteiger charge is 2.40. The molecule has 2 rings (SSSR count). The number of nitrogens with zero attached hydrogens (tertiary/aromatic N) is 2. The zero-order valence-electron chi connectivity index (χ0n) is 10.9. The fourth-order valence-corrected chi connectivity index (χ4v) is 2.28. The Bertz CT molecular complexity index is 537. The first-order chi connectivity index (χ1) is 9.41. The molecule has 1 aromatic carbocycles. The summed E-state index contributed by atoms with van der Waals surface area (Å²) in [6.45, 7) is -0.0748. The molecule has 108 valence electrons. The number of aliphatic carboxylic acids is 1. The Morgan fingerprint density at radius 1 is 1.40 bits per heavy atom. The Morgan fingerprint density at radius 2 is 2.05 bits per heavy atom. The first-order valence-electron chi connectivity index (χ1n) is 6.11. The molecule has 2 atom stereocenters. The summed E-state index contributed by atoms with van der Waals surface area (Å²) < 4.78 is 13.6. The van der Waals surface area contributed by atoms with Gasteiger partial charge in [-0.05, 0) is 12.1 Å². The fraction of sp³-hybridized carbons (Fsp3) is 0.385. The summed E-state index contributed by atoms with van der Waals surface area (Å²) in [4.78, 5) is 25.4. The molecule has 0 aliphatic carbocycles. The number of benzene rings is 1. The van der Waals surface area contributed by atoms with Crippen LogP contribution in [0.5, 0.6) is 0 Å². The van der Waals surface area contributed by atoms with E-state index >= 15 is 0 Å². The first-order valence-corrected chi connectivity index (χ1v) is 6.11. The van der Waals surface area contributed by atoms with Crippen molar-refractivity contribution in [2.75, 3.05) is 18.5 Å². The smallest absolute Gasteiger partial charge is 0.326 e. The maximum Gasteiger partial charge on any atom is 0.326 e. The van der Waals surface area contributed by atoms with Crippen LogP contribution in [0.2, 0.25) is 0 Å². The number of halogens is 1. The standard InChI is InChI=1S/C13H15FN2O4/c1-15(10-5-3-2-4-9(10)14)13(20)16-7-8(17)6-11(16)12(18)19/h2-5,8,11,17H,6-7H2,1H3,(H,18,19)/t8-,11-/m0/s1. The van der Waals surface area contributed by atoms with Crippen molar-refractivity contribution >= 4 is 17.7 Å². The maximum atomic E-state index is 13.6. The van der Waals surface area contributed by atoms with Crippen LogP contribution in [0.1, 0.15) is 6.42 Å². The second-order valence-electron chi connectivity index (χ2n) is 4.69. The summed E-state index contributed by atoms with van der Waals surface area (Å²) in [7, 11) is 1.37. The minimum Gasteiger partial charge on any atom is -0.480 e. The van der Waals surface area contributed by atoms with Crippen molar-refractivity contribution in [3.05, 3.63) is 30.1 Å². The summed E-state index contributed by atoms with van der Waals surface area (Å²) in [5.41, 5.74) is 0.0584. The molecule has 2 amide bonds. The lowest BCUT2D eigenvalue weighted by Gasteiger charge is -2.27. The molecule has 7 heteroatoms. The number of para-hydroxylation sites is 1. The van der Waals surface area contributed by atoms with Gasteiger partial charge in [0.15, 0.2) is 0 Å². The van der Waals surface area contributed by atoms with Gasteiger partial charge in [0.2, 0.25) is 0 Å². The number of urea groups is 1. The number of carboxylic acids is 1. The molecule has 2 N–H and O–H groups in total. The Labute approximate surface area is 115 Å². The molecule has 1 aliphatic heterocycles. The van der Waals surface area contributed by atoms with Crippen molar-refractivity contribution in [1.29, 1.82) is 0 Å². The van der Waals surface area contributed by atoms with Gasteiger partial charge in [-0.2, -0.15) is 0 Å². The lowest BCUT2D eigenvalue weighted by molar-refractivity contribution is -0.141. The van der Waals surface area contributed by atoms with Crippen molar-refractivity contribution in [2.24, 2.45) is 0 Å². The largest absolute Gasteiger partial charge is 0.480 e. The number of rotatable bonds is 2. The molecule has 0 aromatic heterocycles. The highest BCUT2D eigenvalue weighted by Crippen LogP contribution is 2.23. The molecule has 1 aromatic rings. The highest BCUT2D eigenvalue weighted by atomic mass is 19.1. The fourth-order valence-electron chi connectivity index (χ4n) is 2.28. The number of carboxylic acid groups (broad SMARTS) is 1. The number of β-amino-alcohol motifs (C(OH)–C–C–N with tert-alkyl or cyclic N) is 1. The number of carbonyl (C=O) groups is 2. The average molecular weight is 282 g/mol. The maximum absolute atomic E-state index is 13.6. The van der Waals surface area contributed by atoms with Gasteiger partial charge in [-0.15, -0.1) is 0 Å². The molecular weight excluding hydrogens is 267 g/mol. The van der Waals surface area contributed by atoms with E-state index in [0.29, 0.717) is 0 Å². The number of likely N-dealkylation sites (tertiary alicyclic amines) is 1. The van der Waals surface area contributed by atoms with Gasteiger partial charge < -0.3 is 15.1 Å². The second kappa shape index (κ2) is 5.46. The molecule has 1 saturated heterocycles. The monoisotopic (exact) mass is 282 g/mol. The summed E-state index contributed by atoms with van der Waals surface area (Å²) in [5, 5.41) is 18.6. The SMILES string of the molecule is CN(C(=O)N1C[C@@H](O)C[C@H]1C(=O)O)c1ccccc1F. The molecule has 0 spiro atoms. The van der Waals surface area contributed by atoms with Crippen LogP contribution in [0.15, 0.2) is 24.3 Å². The Hall–Kier alpha value is -2.15. The molecule has 20 heavy (non-hydrogen) atoms. The molecular formula is C13H15FN2O4. The summed E-state index contributed by atoms with van der Waals surface area (Å²) >= 11 is 0. The average Bonchev–Trinajstić information content (AvgIpc) is 2.80. The van der Waals surface area contributed by atoms with E-state index in [1.807, 2.05) is 0 Å². The van der Waals surface area contributed by atoms with E-state index in [4.69, 9.17) is 5.11 Å². The lowest BCUT2D eigenvalue weighted by atomic mass is 10.2. The number of carbonyl (C=O) groups excluding carboxylic acids is 1. The molecule has 1 heterocycles. The van der Waals surface area contributed by atoms with Crippen LogP contribution in [-0.2, 0) is 4.79 Å². The van der Waals surface area contributed by atoms with Gasteiger partial charge in [0.05, 0.1) is 11.8 Å². The quantitative estimate of drug-likeness (QED) is 0.844.